The molecule has 156 valence electrons. The summed E-state index contributed by atoms with van der Waals surface area (Å²) in [7, 11) is 1.56. The molecule has 1 unspecified atom stereocenters. The van der Waals surface area contributed by atoms with Gasteiger partial charge in [0.2, 0.25) is 0 Å². The molecular weight excluding hydrogens is 425 g/mol. The largest absolute Gasteiger partial charge is 0.350 e. The Bertz CT molecular complexity index is 957. The molecule has 2 aromatic rings. The van der Waals surface area contributed by atoms with E-state index in [-0.39, 0.29) is 48.1 Å². The second kappa shape index (κ2) is 8.77. The number of amides is 1. The summed E-state index contributed by atoms with van der Waals surface area (Å²) < 4.78 is 28.5. The van der Waals surface area contributed by atoms with Crippen molar-refractivity contribution in [1.29, 1.82) is 0 Å². The Labute approximate surface area is 176 Å². The standard InChI is InChI=1S/C19H20Cl2F2N4O2/c1-26-11-12(9-25-18(26)29)15(27-7-5-19(22,23)6-8-27)10-24-17(28)13-3-2-4-14(20)16(13)21/h2-4,9,11,15H,5-8,10H2,1H3,(H,24,28). The number of piperidine rings is 1. The van der Waals surface area contributed by atoms with E-state index in [0.717, 1.165) is 0 Å². The molecule has 10 heteroatoms. The quantitative estimate of drug-likeness (QED) is 0.767. The molecule has 1 aliphatic heterocycles. The summed E-state index contributed by atoms with van der Waals surface area (Å²) in [4.78, 5) is 29.9. The second-order valence-corrected chi connectivity index (χ2v) is 7.79. The Morgan fingerprint density at radius 3 is 2.66 bits per heavy atom. The molecule has 1 saturated heterocycles. The molecular formula is C19H20Cl2F2N4O2. The van der Waals surface area contributed by atoms with E-state index in [1.165, 1.54) is 10.8 Å². The number of hydrogen-bond donors (Lipinski definition) is 1. The van der Waals surface area contributed by atoms with Crippen molar-refractivity contribution < 1.29 is 13.6 Å². The number of nitrogens with one attached hydrogen (secondary N) is 1. The maximum atomic E-state index is 13.6. The summed E-state index contributed by atoms with van der Waals surface area (Å²) in [6, 6.07) is 4.32. The molecule has 0 bridgehead atoms. The van der Waals surface area contributed by atoms with Gasteiger partial charge in [0.05, 0.1) is 21.7 Å². The van der Waals surface area contributed by atoms with E-state index in [1.807, 2.05) is 4.90 Å². The Morgan fingerprint density at radius 2 is 2.00 bits per heavy atom. The molecule has 1 aromatic heterocycles. The molecule has 0 saturated carbocycles. The predicted octanol–water partition coefficient (Wildman–Crippen LogP) is 3.29. The smallest absolute Gasteiger partial charge is 0.347 e. The van der Waals surface area contributed by atoms with Crippen LogP contribution in [-0.2, 0) is 7.05 Å². The maximum absolute atomic E-state index is 13.6. The van der Waals surface area contributed by atoms with Crippen LogP contribution in [0.1, 0.15) is 34.8 Å². The molecule has 2 heterocycles. The number of carbonyl (C=O) groups excluding carboxylic acids is 1. The number of nitrogens with zero attached hydrogens (tertiary/aromatic N) is 3. The number of benzene rings is 1. The predicted molar refractivity (Wildman–Crippen MR) is 107 cm³/mol. The number of aromatic nitrogens is 2. The van der Waals surface area contributed by atoms with Crippen LogP contribution in [0.5, 0.6) is 0 Å². The number of likely N-dealkylation sites (tertiary alicyclic amines) is 1. The molecule has 1 aromatic carbocycles. The average molecular weight is 445 g/mol. The fraction of sp³-hybridized carbons (Fsp3) is 0.421. The van der Waals surface area contributed by atoms with Gasteiger partial charge in [-0.25, -0.2) is 18.6 Å². The Balaban J connectivity index is 1.81. The molecule has 1 aliphatic rings. The highest BCUT2D eigenvalue weighted by atomic mass is 35.5. The normalized spacial score (nSPS) is 17.7. The van der Waals surface area contributed by atoms with Crippen molar-refractivity contribution in [2.75, 3.05) is 19.6 Å². The number of halogens is 4. The number of aryl methyl sites for hydroxylation is 1. The minimum absolute atomic E-state index is 0.132. The van der Waals surface area contributed by atoms with Crippen molar-refractivity contribution in [3.8, 4) is 0 Å². The van der Waals surface area contributed by atoms with Crippen LogP contribution in [0.3, 0.4) is 0 Å². The second-order valence-electron chi connectivity index (χ2n) is 7.00. The lowest BCUT2D eigenvalue weighted by molar-refractivity contribution is -0.0632. The maximum Gasteiger partial charge on any atom is 0.347 e. The summed E-state index contributed by atoms with van der Waals surface area (Å²) >= 11 is 12.1. The molecule has 6 nitrogen and oxygen atoms in total. The third kappa shape index (κ3) is 5.12. The first kappa shape index (κ1) is 21.7. The molecule has 3 rings (SSSR count). The first-order valence-corrected chi connectivity index (χ1v) is 9.80. The SMILES string of the molecule is Cn1cc(C(CNC(=O)c2cccc(Cl)c2Cl)N2CCC(F)(F)CC2)cnc1=O. The van der Waals surface area contributed by atoms with Crippen molar-refractivity contribution in [1.82, 2.24) is 19.8 Å². The van der Waals surface area contributed by atoms with Crippen LogP contribution < -0.4 is 11.0 Å². The monoisotopic (exact) mass is 444 g/mol. The lowest BCUT2D eigenvalue weighted by Gasteiger charge is -2.37. The van der Waals surface area contributed by atoms with Gasteiger partial charge in [-0.15, -0.1) is 0 Å². The zero-order valence-corrected chi connectivity index (χ0v) is 17.2. The van der Waals surface area contributed by atoms with Crippen LogP contribution >= 0.6 is 23.2 Å². The van der Waals surface area contributed by atoms with Crippen LogP contribution in [0.25, 0.3) is 0 Å². The summed E-state index contributed by atoms with van der Waals surface area (Å²) in [6.07, 6.45) is 2.48. The van der Waals surface area contributed by atoms with E-state index in [0.29, 0.717) is 5.56 Å². The topological polar surface area (TPSA) is 67.2 Å². The van der Waals surface area contributed by atoms with Crippen molar-refractivity contribution in [2.24, 2.45) is 7.05 Å². The lowest BCUT2D eigenvalue weighted by atomic mass is 10.0. The van der Waals surface area contributed by atoms with E-state index < -0.39 is 23.6 Å². The zero-order valence-electron chi connectivity index (χ0n) is 15.7. The lowest BCUT2D eigenvalue weighted by Crippen LogP contribution is -2.45. The van der Waals surface area contributed by atoms with E-state index in [2.05, 4.69) is 10.3 Å². The van der Waals surface area contributed by atoms with E-state index in [1.54, 1.807) is 31.4 Å². The Hall–Kier alpha value is -2.03. The minimum Gasteiger partial charge on any atom is -0.350 e. The van der Waals surface area contributed by atoms with Gasteiger partial charge in [-0.3, -0.25) is 9.69 Å². The van der Waals surface area contributed by atoms with Crippen LogP contribution in [0.15, 0.2) is 35.4 Å². The average Bonchev–Trinajstić information content (AvgIpc) is 2.67. The molecule has 0 radical (unpaired) electrons. The first-order chi connectivity index (χ1) is 13.7. The molecule has 1 fully saturated rings. The van der Waals surface area contributed by atoms with Crippen LogP contribution in [0.2, 0.25) is 10.0 Å². The van der Waals surface area contributed by atoms with Gasteiger partial charge in [0, 0.05) is 57.5 Å². The number of alkyl halides is 2. The summed E-state index contributed by atoms with van der Waals surface area (Å²) in [5, 5.41) is 3.20. The Morgan fingerprint density at radius 1 is 1.31 bits per heavy atom. The third-order valence-electron chi connectivity index (χ3n) is 4.98. The third-order valence-corrected chi connectivity index (χ3v) is 5.79. The van der Waals surface area contributed by atoms with Gasteiger partial charge in [-0.1, -0.05) is 29.3 Å². The van der Waals surface area contributed by atoms with E-state index in [9.17, 15) is 18.4 Å². The van der Waals surface area contributed by atoms with Gasteiger partial charge >= 0.3 is 5.69 Å². The van der Waals surface area contributed by atoms with Gasteiger partial charge in [-0.2, -0.15) is 0 Å². The molecule has 0 spiro atoms. The number of hydrogen-bond acceptors (Lipinski definition) is 4. The van der Waals surface area contributed by atoms with E-state index >= 15 is 0 Å². The molecule has 29 heavy (non-hydrogen) atoms. The highest BCUT2D eigenvalue weighted by Gasteiger charge is 2.37. The van der Waals surface area contributed by atoms with E-state index in [4.69, 9.17) is 23.2 Å². The van der Waals surface area contributed by atoms with Gasteiger partial charge in [0.1, 0.15) is 0 Å². The first-order valence-electron chi connectivity index (χ1n) is 9.04. The van der Waals surface area contributed by atoms with Crippen molar-refractivity contribution in [3.63, 3.8) is 0 Å². The molecule has 1 atom stereocenters. The molecule has 0 aliphatic carbocycles. The highest BCUT2D eigenvalue weighted by molar-refractivity contribution is 6.43. The van der Waals surface area contributed by atoms with Crippen molar-refractivity contribution in [2.45, 2.75) is 24.8 Å². The van der Waals surface area contributed by atoms with Crippen molar-refractivity contribution in [3.05, 3.63) is 62.2 Å². The fourth-order valence-corrected chi connectivity index (χ4v) is 3.68. The van der Waals surface area contributed by atoms with Crippen molar-refractivity contribution >= 4 is 29.1 Å². The Kier molecular flexibility index (Phi) is 6.55. The van der Waals surface area contributed by atoms with Crippen LogP contribution in [-0.4, -0.2) is 45.9 Å². The number of carbonyl (C=O) groups is 1. The minimum atomic E-state index is -2.69. The van der Waals surface area contributed by atoms with Gasteiger partial charge < -0.3 is 9.88 Å². The summed E-state index contributed by atoms with van der Waals surface area (Å²) in [5.41, 5.74) is 0.448. The van der Waals surface area contributed by atoms with Gasteiger partial charge in [-0.05, 0) is 12.1 Å². The summed E-state index contributed by atoms with van der Waals surface area (Å²) in [6.45, 7) is 0.454. The van der Waals surface area contributed by atoms with Crippen LogP contribution in [0.4, 0.5) is 8.78 Å². The van der Waals surface area contributed by atoms with Gasteiger partial charge in [0.25, 0.3) is 11.8 Å². The highest BCUT2D eigenvalue weighted by Crippen LogP contribution is 2.32. The zero-order chi connectivity index (χ0) is 21.2. The number of rotatable bonds is 5. The summed E-state index contributed by atoms with van der Waals surface area (Å²) in [5.74, 6) is -3.12. The fourth-order valence-electron chi connectivity index (χ4n) is 3.29. The van der Waals surface area contributed by atoms with Crippen LogP contribution in [0, 0.1) is 0 Å². The molecule has 1 N–H and O–H groups in total. The van der Waals surface area contributed by atoms with Gasteiger partial charge in [0.15, 0.2) is 0 Å². The molecule has 1 amide bonds.